The zero-order valence-corrected chi connectivity index (χ0v) is 8.59. The molecule has 4 heteroatoms. The quantitative estimate of drug-likeness (QED) is 0.691. The summed E-state index contributed by atoms with van der Waals surface area (Å²) in [5.74, 6) is 0.958. The molecule has 1 aliphatic rings. The smallest absolute Gasteiger partial charge is 0.152 e. The summed E-state index contributed by atoms with van der Waals surface area (Å²) in [4.78, 5) is 4.44. The lowest BCUT2D eigenvalue weighted by Gasteiger charge is -2.29. The van der Waals surface area contributed by atoms with Gasteiger partial charge in [0.05, 0.1) is 6.17 Å². The maximum absolute atomic E-state index is 4.12. The van der Waals surface area contributed by atoms with Crippen LogP contribution in [0.3, 0.4) is 0 Å². The molecular formula is C10H15N4. The fraction of sp³-hybridized carbons (Fsp3) is 0.500. The normalized spacial score (nSPS) is 21.9. The Balaban J connectivity index is 2.18. The second kappa shape index (κ2) is 3.92. The molecule has 1 fully saturated rings. The van der Waals surface area contributed by atoms with Crippen LogP contribution >= 0.6 is 0 Å². The van der Waals surface area contributed by atoms with Crippen LogP contribution in [0.25, 0.3) is 0 Å². The highest BCUT2D eigenvalue weighted by molar-refractivity contribution is 5.40. The van der Waals surface area contributed by atoms with Gasteiger partial charge in [0.2, 0.25) is 0 Å². The maximum atomic E-state index is 4.12. The van der Waals surface area contributed by atoms with Crippen molar-refractivity contribution in [2.75, 3.05) is 25.5 Å². The van der Waals surface area contributed by atoms with Gasteiger partial charge in [0, 0.05) is 19.2 Å². The molecule has 0 aromatic carbocycles. The Morgan fingerprint density at radius 2 is 2.36 bits per heavy atom. The molecule has 0 aliphatic carbocycles. The molecule has 1 saturated heterocycles. The molecule has 0 spiro atoms. The van der Waals surface area contributed by atoms with Crippen LogP contribution in [-0.4, -0.2) is 41.9 Å². The van der Waals surface area contributed by atoms with Crippen molar-refractivity contribution < 1.29 is 0 Å². The zero-order valence-electron chi connectivity index (χ0n) is 8.59. The topological polar surface area (TPSA) is 32.3 Å². The molecule has 1 aromatic heterocycles. The van der Waals surface area contributed by atoms with Gasteiger partial charge >= 0.3 is 0 Å². The fourth-order valence-corrected chi connectivity index (χ4v) is 1.81. The van der Waals surface area contributed by atoms with E-state index < -0.39 is 0 Å². The first-order chi connectivity index (χ1) is 6.79. The highest BCUT2D eigenvalue weighted by Crippen LogP contribution is 2.22. The van der Waals surface area contributed by atoms with Gasteiger partial charge in [0.1, 0.15) is 0 Å². The van der Waals surface area contributed by atoms with Crippen molar-refractivity contribution in [2.24, 2.45) is 0 Å². The van der Waals surface area contributed by atoms with Gasteiger partial charge in [-0.05, 0) is 32.6 Å². The zero-order chi connectivity index (χ0) is 9.97. The number of hydrogen-bond donors (Lipinski definition) is 0. The van der Waals surface area contributed by atoms with E-state index in [0.29, 0.717) is 6.17 Å². The second-order valence-corrected chi connectivity index (χ2v) is 3.68. The molecule has 0 amide bonds. The second-order valence-electron chi connectivity index (χ2n) is 3.68. The van der Waals surface area contributed by atoms with Crippen molar-refractivity contribution in [1.82, 2.24) is 15.1 Å². The standard InChI is InChI=1S/C10H15N4/c1-13(2)10-6-4-8-14(10)9-5-3-7-11-12-9/h3,5-7,10H,4,8H2,1-2H3/t10-/m0/s1. The summed E-state index contributed by atoms with van der Waals surface area (Å²) >= 11 is 0. The largest absolute Gasteiger partial charge is 0.339 e. The molecule has 14 heavy (non-hydrogen) atoms. The van der Waals surface area contributed by atoms with Crippen LogP contribution in [0.2, 0.25) is 0 Å². The fourth-order valence-electron chi connectivity index (χ4n) is 1.81. The van der Waals surface area contributed by atoms with Gasteiger partial charge in [-0.15, -0.1) is 5.10 Å². The summed E-state index contributed by atoms with van der Waals surface area (Å²) in [5.41, 5.74) is 0. The van der Waals surface area contributed by atoms with Gasteiger partial charge in [-0.3, -0.25) is 4.90 Å². The summed E-state index contributed by atoms with van der Waals surface area (Å²) in [6, 6.07) is 3.93. The minimum absolute atomic E-state index is 0.353. The lowest BCUT2D eigenvalue weighted by Crippen LogP contribution is -2.41. The summed E-state index contributed by atoms with van der Waals surface area (Å²) < 4.78 is 0. The summed E-state index contributed by atoms with van der Waals surface area (Å²) in [6.45, 7) is 1.03. The average molecular weight is 191 g/mol. The maximum Gasteiger partial charge on any atom is 0.152 e. The van der Waals surface area contributed by atoms with Gasteiger partial charge in [-0.1, -0.05) is 0 Å². The summed E-state index contributed by atoms with van der Waals surface area (Å²) in [5, 5.41) is 8.02. The first-order valence-electron chi connectivity index (χ1n) is 4.83. The first kappa shape index (κ1) is 9.40. The van der Waals surface area contributed by atoms with Gasteiger partial charge < -0.3 is 4.90 Å². The Bertz CT molecular complexity index is 285. The van der Waals surface area contributed by atoms with E-state index in [4.69, 9.17) is 0 Å². The molecule has 2 rings (SSSR count). The summed E-state index contributed by atoms with van der Waals surface area (Å²) in [6.07, 6.45) is 5.47. The molecule has 2 heterocycles. The molecular weight excluding hydrogens is 176 g/mol. The monoisotopic (exact) mass is 191 g/mol. The van der Waals surface area contributed by atoms with E-state index in [2.05, 4.69) is 40.5 Å². The molecule has 0 unspecified atom stereocenters. The van der Waals surface area contributed by atoms with E-state index in [0.717, 1.165) is 18.8 Å². The highest BCUT2D eigenvalue weighted by atomic mass is 15.4. The van der Waals surface area contributed by atoms with Crippen LogP contribution in [0, 0.1) is 6.42 Å². The average Bonchev–Trinajstić information content (AvgIpc) is 2.67. The van der Waals surface area contributed by atoms with Crippen LogP contribution in [0.15, 0.2) is 18.3 Å². The predicted molar refractivity (Wildman–Crippen MR) is 55.8 cm³/mol. The van der Waals surface area contributed by atoms with E-state index in [1.807, 2.05) is 12.1 Å². The van der Waals surface area contributed by atoms with Crippen molar-refractivity contribution in [2.45, 2.75) is 12.6 Å². The lowest BCUT2D eigenvalue weighted by molar-refractivity contribution is 0.334. The number of anilines is 1. The first-order valence-corrected chi connectivity index (χ1v) is 4.83. The number of rotatable bonds is 2. The van der Waals surface area contributed by atoms with Gasteiger partial charge in [0.15, 0.2) is 5.82 Å². The van der Waals surface area contributed by atoms with Crippen LogP contribution in [0.1, 0.15) is 6.42 Å². The molecule has 0 bridgehead atoms. The van der Waals surface area contributed by atoms with Crippen molar-refractivity contribution in [3.8, 4) is 0 Å². The van der Waals surface area contributed by atoms with E-state index in [1.54, 1.807) is 6.20 Å². The number of nitrogens with zero attached hydrogens (tertiary/aromatic N) is 4. The number of aromatic nitrogens is 2. The number of hydrogen-bond acceptors (Lipinski definition) is 4. The molecule has 75 valence electrons. The van der Waals surface area contributed by atoms with Crippen LogP contribution < -0.4 is 4.90 Å². The SMILES string of the molecule is CN(C)[C@@H]1[CH]CCN1c1cccnn1. The minimum atomic E-state index is 0.353. The van der Waals surface area contributed by atoms with E-state index in [-0.39, 0.29) is 0 Å². The highest BCUT2D eigenvalue weighted by Gasteiger charge is 2.27. The molecule has 1 aromatic rings. The Morgan fingerprint density at radius 1 is 1.50 bits per heavy atom. The van der Waals surface area contributed by atoms with Crippen LogP contribution in [0.5, 0.6) is 0 Å². The summed E-state index contributed by atoms with van der Waals surface area (Å²) in [7, 11) is 4.16. The van der Waals surface area contributed by atoms with E-state index in [9.17, 15) is 0 Å². The van der Waals surface area contributed by atoms with Crippen molar-refractivity contribution in [1.29, 1.82) is 0 Å². The molecule has 1 atom stereocenters. The molecule has 4 nitrogen and oxygen atoms in total. The Labute approximate surface area is 84.5 Å². The predicted octanol–water partition coefficient (Wildman–Crippen LogP) is 0.779. The van der Waals surface area contributed by atoms with Crippen molar-refractivity contribution in [3.05, 3.63) is 24.8 Å². The van der Waals surface area contributed by atoms with E-state index >= 15 is 0 Å². The third-order valence-corrected chi connectivity index (χ3v) is 2.45. The Morgan fingerprint density at radius 3 is 3.00 bits per heavy atom. The van der Waals surface area contributed by atoms with Gasteiger partial charge in [0.25, 0.3) is 0 Å². The molecule has 1 radical (unpaired) electrons. The Kier molecular flexibility index (Phi) is 2.63. The van der Waals surface area contributed by atoms with Gasteiger partial charge in [-0.25, -0.2) is 0 Å². The lowest BCUT2D eigenvalue weighted by atomic mass is 10.3. The van der Waals surface area contributed by atoms with Crippen molar-refractivity contribution in [3.63, 3.8) is 0 Å². The Hall–Kier alpha value is -1.16. The minimum Gasteiger partial charge on any atom is -0.339 e. The molecule has 1 aliphatic heterocycles. The molecule has 0 saturated carbocycles. The van der Waals surface area contributed by atoms with E-state index in [1.165, 1.54) is 0 Å². The van der Waals surface area contributed by atoms with Gasteiger partial charge in [-0.2, -0.15) is 5.10 Å². The third-order valence-electron chi connectivity index (χ3n) is 2.45. The van der Waals surface area contributed by atoms with Crippen molar-refractivity contribution >= 4 is 5.82 Å². The van der Waals surface area contributed by atoms with Crippen LogP contribution in [0.4, 0.5) is 5.82 Å². The van der Waals surface area contributed by atoms with Crippen LogP contribution in [-0.2, 0) is 0 Å². The third kappa shape index (κ3) is 1.70. The molecule has 0 N–H and O–H groups in total.